The number of carboxylic acids is 1. The summed E-state index contributed by atoms with van der Waals surface area (Å²) in [7, 11) is 0. The van der Waals surface area contributed by atoms with Gasteiger partial charge in [0.1, 0.15) is 0 Å². The second-order valence-electron chi connectivity index (χ2n) is 3.62. The van der Waals surface area contributed by atoms with Crippen molar-refractivity contribution in [2.24, 2.45) is 0 Å². The van der Waals surface area contributed by atoms with Crippen LogP contribution >= 0.6 is 0 Å². The molecule has 5 nitrogen and oxygen atoms in total. The summed E-state index contributed by atoms with van der Waals surface area (Å²) in [6, 6.07) is 0.0632. The molecule has 0 fully saturated rings. The summed E-state index contributed by atoms with van der Waals surface area (Å²) in [6.07, 6.45) is -1.45. The molecule has 1 heterocycles. The minimum atomic E-state index is -1.49. The summed E-state index contributed by atoms with van der Waals surface area (Å²) in [6.45, 7) is -0.265. The molecule has 1 amide bonds. The first kappa shape index (κ1) is 11.3. The van der Waals surface area contributed by atoms with Crippen molar-refractivity contribution in [2.75, 3.05) is 0 Å². The van der Waals surface area contributed by atoms with Crippen LogP contribution in [0.3, 0.4) is 0 Å². The molecular formula is C10H7F2NO4. The van der Waals surface area contributed by atoms with E-state index < -0.39 is 29.7 Å². The van der Waals surface area contributed by atoms with Gasteiger partial charge in [0.15, 0.2) is 17.7 Å². The van der Waals surface area contributed by atoms with Gasteiger partial charge in [0.25, 0.3) is 0 Å². The van der Waals surface area contributed by atoms with Gasteiger partial charge < -0.3 is 10.2 Å². The summed E-state index contributed by atoms with van der Waals surface area (Å²) in [5.74, 6) is -3.74. The second-order valence-corrected chi connectivity index (χ2v) is 3.62. The van der Waals surface area contributed by atoms with E-state index in [2.05, 4.69) is 0 Å². The van der Waals surface area contributed by atoms with Crippen molar-refractivity contribution >= 4 is 12.1 Å². The number of benzene rings is 1. The van der Waals surface area contributed by atoms with Gasteiger partial charge in [-0.3, -0.25) is 4.90 Å². The first-order valence-corrected chi connectivity index (χ1v) is 4.62. The van der Waals surface area contributed by atoms with Gasteiger partial charge in [-0.1, -0.05) is 0 Å². The zero-order valence-corrected chi connectivity index (χ0v) is 8.35. The molecule has 1 atom stereocenters. The molecule has 0 aromatic heterocycles. The zero-order chi connectivity index (χ0) is 12.7. The summed E-state index contributed by atoms with van der Waals surface area (Å²) >= 11 is 0. The molecule has 17 heavy (non-hydrogen) atoms. The van der Waals surface area contributed by atoms with Crippen LogP contribution in [0.15, 0.2) is 12.1 Å². The van der Waals surface area contributed by atoms with Crippen molar-refractivity contribution in [3.05, 3.63) is 34.9 Å². The molecule has 0 bridgehead atoms. The smallest absolute Gasteiger partial charge is 0.408 e. The number of amides is 1. The summed E-state index contributed by atoms with van der Waals surface area (Å²) in [5.41, 5.74) is 0.137. The van der Waals surface area contributed by atoms with Crippen LogP contribution in [0.25, 0.3) is 0 Å². The SMILES string of the molecule is O=C(O)C1c2cc(F)c(F)cc2CN1C(=O)O. The fourth-order valence-corrected chi connectivity index (χ4v) is 1.88. The third kappa shape index (κ3) is 1.69. The molecule has 1 aliphatic rings. The quantitative estimate of drug-likeness (QED) is 0.785. The maximum absolute atomic E-state index is 13.0. The van der Waals surface area contributed by atoms with Crippen molar-refractivity contribution in [2.45, 2.75) is 12.6 Å². The molecule has 7 heteroatoms. The summed E-state index contributed by atoms with van der Waals surface area (Å²) < 4.78 is 25.9. The average molecular weight is 243 g/mol. The molecule has 0 saturated carbocycles. The maximum Gasteiger partial charge on any atom is 0.408 e. The highest BCUT2D eigenvalue weighted by atomic mass is 19.2. The predicted octanol–water partition coefficient (Wildman–Crippen LogP) is 1.58. The first-order chi connectivity index (χ1) is 7.91. The number of hydrogen-bond donors (Lipinski definition) is 2. The molecule has 1 unspecified atom stereocenters. The van der Waals surface area contributed by atoms with Gasteiger partial charge in [-0.05, 0) is 23.3 Å². The van der Waals surface area contributed by atoms with Crippen LogP contribution < -0.4 is 0 Å². The van der Waals surface area contributed by atoms with Crippen LogP contribution in [-0.4, -0.2) is 27.2 Å². The number of aliphatic carboxylic acids is 1. The summed E-state index contributed by atoms with van der Waals surface area (Å²) in [4.78, 5) is 22.4. The predicted molar refractivity (Wildman–Crippen MR) is 50.3 cm³/mol. The Kier molecular flexibility index (Phi) is 2.45. The molecule has 0 aliphatic carbocycles. The average Bonchev–Trinajstić information content (AvgIpc) is 2.57. The van der Waals surface area contributed by atoms with E-state index in [9.17, 15) is 18.4 Å². The number of carboxylic acid groups (broad SMARTS) is 2. The van der Waals surface area contributed by atoms with Crippen LogP contribution in [0.4, 0.5) is 13.6 Å². The highest BCUT2D eigenvalue weighted by Crippen LogP contribution is 2.35. The number of halogens is 2. The van der Waals surface area contributed by atoms with Crippen molar-refractivity contribution in [3.63, 3.8) is 0 Å². The molecule has 0 radical (unpaired) electrons. The topological polar surface area (TPSA) is 77.8 Å². The van der Waals surface area contributed by atoms with Crippen molar-refractivity contribution < 1.29 is 28.6 Å². The Morgan fingerprint density at radius 1 is 1.24 bits per heavy atom. The van der Waals surface area contributed by atoms with Crippen LogP contribution in [0, 0.1) is 11.6 Å². The molecule has 2 rings (SSSR count). The van der Waals surface area contributed by atoms with Crippen LogP contribution in [0.1, 0.15) is 17.2 Å². The standard InChI is InChI=1S/C10H7F2NO4/c11-6-1-4-3-13(10(16)17)8(9(14)15)5(4)2-7(6)12/h1-2,8H,3H2,(H,14,15)(H,16,17). The van der Waals surface area contributed by atoms with Gasteiger partial charge in [0.05, 0.1) is 6.54 Å². The molecular weight excluding hydrogens is 236 g/mol. The van der Waals surface area contributed by atoms with E-state index >= 15 is 0 Å². The van der Waals surface area contributed by atoms with Crippen LogP contribution in [0.2, 0.25) is 0 Å². The lowest BCUT2D eigenvalue weighted by Crippen LogP contribution is -2.32. The third-order valence-corrected chi connectivity index (χ3v) is 2.61. The van der Waals surface area contributed by atoms with Crippen LogP contribution in [0.5, 0.6) is 0 Å². The fraction of sp³-hybridized carbons (Fsp3) is 0.200. The van der Waals surface area contributed by atoms with Gasteiger partial charge in [-0.25, -0.2) is 18.4 Å². The largest absolute Gasteiger partial charge is 0.479 e. The van der Waals surface area contributed by atoms with Gasteiger partial charge in [-0.15, -0.1) is 0 Å². The number of fused-ring (bicyclic) bond motifs is 1. The maximum atomic E-state index is 13.0. The van der Waals surface area contributed by atoms with Gasteiger partial charge in [0, 0.05) is 0 Å². The highest BCUT2D eigenvalue weighted by molar-refractivity contribution is 5.82. The zero-order valence-electron chi connectivity index (χ0n) is 8.35. The third-order valence-electron chi connectivity index (χ3n) is 2.61. The normalized spacial score (nSPS) is 18.0. The minimum Gasteiger partial charge on any atom is -0.479 e. The molecule has 2 N–H and O–H groups in total. The molecule has 1 aliphatic heterocycles. The first-order valence-electron chi connectivity index (χ1n) is 4.62. The van der Waals surface area contributed by atoms with Crippen LogP contribution in [-0.2, 0) is 11.3 Å². The van der Waals surface area contributed by atoms with E-state index in [-0.39, 0.29) is 17.7 Å². The Hall–Kier alpha value is -2.18. The van der Waals surface area contributed by atoms with E-state index in [0.29, 0.717) is 4.90 Å². The van der Waals surface area contributed by atoms with E-state index in [1.807, 2.05) is 0 Å². The molecule has 0 saturated heterocycles. The lowest BCUT2D eigenvalue weighted by Gasteiger charge is -2.17. The van der Waals surface area contributed by atoms with E-state index in [1.165, 1.54) is 0 Å². The Labute approximate surface area is 93.9 Å². The molecule has 1 aromatic carbocycles. The second kappa shape index (κ2) is 3.69. The molecule has 1 aromatic rings. The molecule has 90 valence electrons. The Morgan fingerprint density at radius 3 is 2.35 bits per heavy atom. The lowest BCUT2D eigenvalue weighted by molar-refractivity contribution is -0.142. The highest BCUT2D eigenvalue weighted by Gasteiger charge is 2.39. The van der Waals surface area contributed by atoms with Crippen molar-refractivity contribution in [1.29, 1.82) is 0 Å². The van der Waals surface area contributed by atoms with Gasteiger partial charge in [-0.2, -0.15) is 0 Å². The number of nitrogens with zero attached hydrogens (tertiary/aromatic N) is 1. The lowest BCUT2D eigenvalue weighted by atomic mass is 10.0. The summed E-state index contributed by atoms with van der Waals surface area (Å²) in [5, 5.41) is 17.7. The Bertz CT molecular complexity index is 517. The number of carbonyl (C=O) groups is 2. The number of hydrogen-bond acceptors (Lipinski definition) is 2. The molecule has 0 spiro atoms. The van der Waals surface area contributed by atoms with E-state index in [4.69, 9.17) is 10.2 Å². The van der Waals surface area contributed by atoms with Gasteiger partial charge in [0.2, 0.25) is 0 Å². The fourth-order valence-electron chi connectivity index (χ4n) is 1.88. The monoisotopic (exact) mass is 243 g/mol. The van der Waals surface area contributed by atoms with Crippen molar-refractivity contribution in [3.8, 4) is 0 Å². The van der Waals surface area contributed by atoms with Gasteiger partial charge >= 0.3 is 12.1 Å². The number of rotatable bonds is 1. The van der Waals surface area contributed by atoms with E-state index in [0.717, 1.165) is 12.1 Å². The van der Waals surface area contributed by atoms with E-state index in [1.54, 1.807) is 0 Å². The Balaban J connectivity index is 2.54. The van der Waals surface area contributed by atoms with Crippen molar-refractivity contribution in [1.82, 2.24) is 4.90 Å². The Morgan fingerprint density at radius 2 is 1.82 bits per heavy atom. The minimum absolute atomic E-state index is 0.0289.